The molecule has 0 spiro atoms. The van der Waals surface area contributed by atoms with E-state index in [1.165, 1.54) is 6.07 Å². The van der Waals surface area contributed by atoms with E-state index in [-0.39, 0.29) is 5.82 Å². The maximum atomic E-state index is 13.4. The van der Waals surface area contributed by atoms with E-state index < -0.39 is 0 Å². The van der Waals surface area contributed by atoms with E-state index in [0.29, 0.717) is 17.9 Å². The molecular weight excluding hydrogens is 205 g/mol. The van der Waals surface area contributed by atoms with E-state index in [0.717, 1.165) is 5.56 Å². The van der Waals surface area contributed by atoms with Gasteiger partial charge in [0.25, 0.3) is 0 Å². The molecule has 0 aliphatic carbocycles. The number of nitrogen functional groups attached to an aromatic ring is 1. The van der Waals surface area contributed by atoms with Crippen molar-refractivity contribution in [2.24, 2.45) is 0 Å². The topological polar surface area (TPSA) is 50.9 Å². The van der Waals surface area contributed by atoms with Crippen molar-refractivity contribution in [3.63, 3.8) is 0 Å². The standard InChI is InChI=1S/C12H12FN3/c13-10-4-1-5-11(14)12(10)16-8-9-3-2-6-15-7-9/h1-7,16H,8,14H2. The Bertz CT molecular complexity index is 451. The van der Waals surface area contributed by atoms with Crippen LogP contribution in [0.15, 0.2) is 42.7 Å². The molecule has 1 aromatic heterocycles. The van der Waals surface area contributed by atoms with Crippen molar-refractivity contribution >= 4 is 11.4 Å². The third kappa shape index (κ3) is 2.28. The van der Waals surface area contributed by atoms with Gasteiger partial charge in [-0.3, -0.25) is 4.98 Å². The lowest BCUT2D eigenvalue weighted by Crippen LogP contribution is -2.04. The van der Waals surface area contributed by atoms with Crippen LogP contribution in [0.25, 0.3) is 0 Å². The van der Waals surface area contributed by atoms with Crippen LogP contribution in [0.3, 0.4) is 0 Å². The molecular formula is C12H12FN3. The molecule has 1 heterocycles. The predicted molar refractivity (Wildman–Crippen MR) is 62.4 cm³/mol. The zero-order chi connectivity index (χ0) is 11.4. The van der Waals surface area contributed by atoms with Crippen LogP contribution in [0.2, 0.25) is 0 Å². The number of nitrogens with two attached hydrogens (primary N) is 1. The first-order valence-electron chi connectivity index (χ1n) is 4.94. The van der Waals surface area contributed by atoms with Crippen molar-refractivity contribution in [3.8, 4) is 0 Å². The Morgan fingerprint density at radius 2 is 2.12 bits per heavy atom. The van der Waals surface area contributed by atoms with Gasteiger partial charge in [-0.25, -0.2) is 4.39 Å². The maximum Gasteiger partial charge on any atom is 0.148 e. The normalized spacial score (nSPS) is 10.1. The van der Waals surface area contributed by atoms with Crippen LogP contribution in [0.1, 0.15) is 5.56 Å². The number of rotatable bonds is 3. The third-order valence-corrected chi connectivity index (χ3v) is 2.24. The lowest BCUT2D eigenvalue weighted by atomic mass is 10.2. The molecule has 0 amide bonds. The first kappa shape index (κ1) is 10.4. The summed E-state index contributed by atoms with van der Waals surface area (Å²) in [5.41, 5.74) is 7.39. The van der Waals surface area contributed by atoms with E-state index in [1.807, 2.05) is 12.1 Å². The largest absolute Gasteiger partial charge is 0.397 e. The monoisotopic (exact) mass is 217 g/mol. The number of nitrogens with zero attached hydrogens (tertiary/aromatic N) is 1. The Hall–Kier alpha value is -2.10. The van der Waals surface area contributed by atoms with Crippen molar-refractivity contribution in [2.75, 3.05) is 11.1 Å². The molecule has 82 valence electrons. The van der Waals surface area contributed by atoms with Crippen molar-refractivity contribution in [2.45, 2.75) is 6.54 Å². The van der Waals surface area contributed by atoms with E-state index in [2.05, 4.69) is 10.3 Å². The second-order valence-corrected chi connectivity index (χ2v) is 3.42. The van der Waals surface area contributed by atoms with Crippen LogP contribution >= 0.6 is 0 Å². The molecule has 0 saturated carbocycles. The molecule has 0 aliphatic heterocycles. The average molecular weight is 217 g/mol. The number of halogens is 1. The molecule has 0 saturated heterocycles. The SMILES string of the molecule is Nc1cccc(F)c1NCc1cccnc1. The summed E-state index contributed by atoms with van der Waals surface area (Å²) < 4.78 is 13.4. The summed E-state index contributed by atoms with van der Waals surface area (Å²) >= 11 is 0. The van der Waals surface area contributed by atoms with E-state index >= 15 is 0 Å². The Kier molecular flexibility index (Phi) is 3.00. The summed E-state index contributed by atoms with van der Waals surface area (Å²) in [4.78, 5) is 3.98. The number of hydrogen-bond donors (Lipinski definition) is 2. The summed E-state index contributed by atoms with van der Waals surface area (Å²) in [6.07, 6.45) is 3.42. The first-order valence-corrected chi connectivity index (χ1v) is 4.94. The molecule has 16 heavy (non-hydrogen) atoms. The molecule has 2 aromatic rings. The minimum Gasteiger partial charge on any atom is -0.397 e. The van der Waals surface area contributed by atoms with Crippen molar-refractivity contribution in [1.29, 1.82) is 0 Å². The molecule has 0 radical (unpaired) electrons. The molecule has 4 heteroatoms. The first-order chi connectivity index (χ1) is 7.77. The van der Waals surface area contributed by atoms with Crippen molar-refractivity contribution < 1.29 is 4.39 Å². The van der Waals surface area contributed by atoms with Crippen molar-refractivity contribution in [3.05, 3.63) is 54.1 Å². The number of pyridine rings is 1. The maximum absolute atomic E-state index is 13.4. The zero-order valence-corrected chi connectivity index (χ0v) is 8.65. The summed E-state index contributed by atoms with van der Waals surface area (Å²) in [5.74, 6) is -0.344. The highest BCUT2D eigenvalue weighted by atomic mass is 19.1. The van der Waals surface area contributed by atoms with Gasteiger partial charge in [-0.1, -0.05) is 12.1 Å². The Morgan fingerprint density at radius 3 is 2.81 bits per heavy atom. The van der Waals surface area contributed by atoms with Gasteiger partial charge < -0.3 is 11.1 Å². The molecule has 0 fully saturated rings. The fourth-order valence-electron chi connectivity index (χ4n) is 1.42. The highest BCUT2D eigenvalue weighted by Crippen LogP contribution is 2.22. The summed E-state index contributed by atoms with van der Waals surface area (Å²) in [5, 5.41) is 2.96. The fourth-order valence-corrected chi connectivity index (χ4v) is 1.42. The van der Waals surface area contributed by atoms with Crippen LogP contribution in [-0.4, -0.2) is 4.98 Å². The highest BCUT2D eigenvalue weighted by Gasteiger charge is 2.04. The van der Waals surface area contributed by atoms with E-state index in [4.69, 9.17) is 5.73 Å². The smallest absolute Gasteiger partial charge is 0.148 e. The minimum atomic E-state index is -0.344. The van der Waals surface area contributed by atoms with Gasteiger partial charge >= 0.3 is 0 Å². The average Bonchev–Trinajstić information content (AvgIpc) is 2.30. The molecule has 0 bridgehead atoms. The Balaban J connectivity index is 2.11. The molecule has 0 aliphatic rings. The predicted octanol–water partition coefficient (Wildman–Crippen LogP) is 2.42. The van der Waals surface area contributed by atoms with Gasteiger partial charge in [0.05, 0.1) is 11.4 Å². The summed E-state index contributed by atoms with van der Waals surface area (Å²) in [7, 11) is 0. The second-order valence-electron chi connectivity index (χ2n) is 3.42. The number of aromatic nitrogens is 1. The molecule has 3 N–H and O–H groups in total. The Labute approximate surface area is 93.1 Å². The lowest BCUT2D eigenvalue weighted by molar-refractivity contribution is 0.630. The molecule has 3 nitrogen and oxygen atoms in total. The van der Waals surface area contributed by atoms with Gasteiger partial charge in [0.2, 0.25) is 0 Å². The molecule has 0 atom stereocenters. The quantitative estimate of drug-likeness (QED) is 0.776. The van der Waals surface area contributed by atoms with Gasteiger partial charge in [0, 0.05) is 18.9 Å². The van der Waals surface area contributed by atoms with Gasteiger partial charge in [0.1, 0.15) is 5.82 Å². The summed E-state index contributed by atoms with van der Waals surface area (Å²) in [6, 6.07) is 8.37. The summed E-state index contributed by atoms with van der Waals surface area (Å²) in [6.45, 7) is 0.499. The third-order valence-electron chi connectivity index (χ3n) is 2.24. The molecule has 0 unspecified atom stereocenters. The van der Waals surface area contributed by atoms with Crippen LogP contribution in [0, 0.1) is 5.82 Å². The van der Waals surface area contributed by atoms with Gasteiger partial charge in [0.15, 0.2) is 0 Å². The molecule has 1 aromatic carbocycles. The van der Waals surface area contributed by atoms with Crippen LogP contribution in [0.4, 0.5) is 15.8 Å². The molecule has 2 rings (SSSR count). The van der Waals surface area contributed by atoms with Crippen molar-refractivity contribution in [1.82, 2.24) is 4.98 Å². The van der Waals surface area contributed by atoms with Crippen LogP contribution in [0.5, 0.6) is 0 Å². The van der Waals surface area contributed by atoms with E-state index in [1.54, 1.807) is 24.5 Å². The van der Waals surface area contributed by atoms with Crippen LogP contribution < -0.4 is 11.1 Å². The number of para-hydroxylation sites is 1. The Morgan fingerprint density at radius 1 is 1.25 bits per heavy atom. The number of hydrogen-bond acceptors (Lipinski definition) is 3. The zero-order valence-electron chi connectivity index (χ0n) is 8.65. The van der Waals surface area contributed by atoms with Gasteiger partial charge in [-0.05, 0) is 23.8 Å². The minimum absolute atomic E-state index is 0.339. The van der Waals surface area contributed by atoms with E-state index in [9.17, 15) is 4.39 Å². The van der Waals surface area contributed by atoms with Crippen LogP contribution in [-0.2, 0) is 6.54 Å². The fraction of sp³-hybridized carbons (Fsp3) is 0.0833. The number of nitrogens with one attached hydrogen (secondary N) is 1. The highest BCUT2D eigenvalue weighted by molar-refractivity contribution is 5.66. The lowest BCUT2D eigenvalue weighted by Gasteiger charge is -2.09. The second kappa shape index (κ2) is 4.61. The number of anilines is 2. The number of benzene rings is 1. The van der Waals surface area contributed by atoms with Gasteiger partial charge in [-0.15, -0.1) is 0 Å². The van der Waals surface area contributed by atoms with Gasteiger partial charge in [-0.2, -0.15) is 0 Å².